The van der Waals surface area contributed by atoms with E-state index in [2.05, 4.69) is 200 Å². The summed E-state index contributed by atoms with van der Waals surface area (Å²) in [6, 6.07) is 82.2. The van der Waals surface area contributed by atoms with Crippen molar-refractivity contribution < 1.29 is 4.42 Å². The van der Waals surface area contributed by atoms with Gasteiger partial charge in [0, 0.05) is 33.0 Å². The Morgan fingerprint density at radius 2 is 0.855 bits per heavy atom. The van der Waals surface area contributed by atoms with Crippen LogP contribution in [-0.4, -0.2) is 9.97 Å². The van der Waals surface area contributed by atoms with Crippen LogP contribution in [0.2, 0.25) is 0 Å². The number of rotatable bonds is 7. The second-order valence-corrected chi connectivity index (χ2v) is 16.0. The van der Waals surface area contributed by atoms with Gasteiger partial charge in [-0.15, -0.1) is 0 Å². The third-order valence-corrected chi connectivity index (χ3v) is 12.6. The Kier molecular flexibility index (Phi) is 8.39. The summed E-state index contributed by atoms with van der Waals surface area (Å²) in [6.07, 6.45) is 0. The molecule has 9 aromatic carbocycles. The normalized spacial score (nSPS) is 12.6. The van der Waals surface area contributed by atoms with Crippen molar-refractivity contribution in [2.75, 3.05) is 0 Å². The zero-order valence-electron chi connectivity index (χ0n) is 33.7. The number of hydrogen-bond donors (Lipinski definition) is 0. The first-order valence-electron chi connectivity index (χ1n) is 21.2. The van der Waals surface area contributed by atoms with E-state index >= 15 is 0 Å². The van der Waals surface area contributed by atoms with Crippen LogP contribution in [0.3, 0.4) is 0 Å². The maximum atomic E-state index is 6.49. The van der Waals surface area contributed by atoms with Crippen LogP contribution in [0, 0.1) is 0 Å². The molecule has 11 aromatic rings. The lowest BCUT2D eigenvalue weighted by molar-refractivity contribution is 0.670. The topological polar surface area (TPSA) is 38.9 Å². The van der Waals surface area contributed by atoms with E-state index in [0.717, 1.165) is 66.7 Å². The van der Waals surface area contributed by atoms with Crippen molar-refractivity contribution in [1.82, 2.24) is 9.97 Å². The standard InChI is InChI=1S/C59H38N2O/c1-4-19-39(20-5-1)58-60-53(41-22-16-21-40(37-41)44-31-17-34-51-48-30-13-15-36-55(48)62-57(44)51)38-54(61-58)47-29-11-10-27-45(47)49-32-18-33-50-46-28-12-14-35-52(46)59(56(49)50,42-23-6-2-7-24-42)43-25-8-3-9-26-43/h1-38H. The van der Waals surface area contributed by atoms with Crippen LogP contribution in [0.15, 0.2) is 235 Å². The van der Waals surface area contributed by atoms with Crippen LogP contribution in [-0.2, 0) is 5.41 Å². The summed E-state index contributed by atoms with van der Waals surface area (Å²) in [5.41, 5.74) is 17.8. The number of furan rings is 1. The predicted octanol–water partition coefficient (Wildman–Crippen LogP) is 15.1. The molecule has 0 saturated carbocycles. The molecule has 0 N–H and O–H groups in total. The van der Waals surface area contributed by atoms with Crippen molar-refractivity contribution in [3.05, 3.63) is 253 Å². The van der Waals surface area contributed by atoms with Crippen LogP contribution >= 0.6 is 0 Å². The van der Waals surface area contributed by atoms with E-state index in [1.54, 1.807) is 0 Å². The van der Waals surface area contributed by atoms with Crippen LogP contribution in [0.1, 0.15) is 22.3 Å². The fraction of sp³-hybridized carbons (Fsp3) is 0.0169. The Balaban J connectivity index is 1.08. The molecule has 0 spiro atoms. The van der Waals surface area contributed by atoms with E-state index < -0.39 is 5.41 Å². The summed E-state index contributed by atoms with van der Waals surface area (Å²) < 4.78 is 6.49. The molecule has 3 nitrogen and oxygen atoms in total. The van der Waals surface area contributed by atoms with Gasteiger partial charge in [0.15, 0.2) is 5.82 Å². The molecule has 2 heterocycles. The number of hydrogen-bond acceptors (Lipinski definition) is 3. The highest BCUT2D eigenvalue weighted by Gasteiger charge is 2.47. The van der Waals surface area contributed by atoms with Gasteiger partial charge in [0.25, 0.3) is 0 Å². The molecule has 1 aliphatic rings. The lowest BCUT2D eigenvalue weighted by atomic mass is 9.66. The third-order valence-electron chi connectivity index (χ3n) is 12.6. The first-order valence-corrected chi connectivity index (χ1v) is 21.2. The second kappa shape index (κ2) is 14.5. The van der Waals surface area contributed by atoms with Gasteiger partial charge < -0.3 is 4.42 Å². The highest BCUT2D eigenvalue weighted by Crippen LogP contribution is 2.59. The molecule has 0 unspecified atom stereocenters. The van der Waals surface area contributed by atoms with E-state index in [1.165, 1.54) is 38.9 Å². The molecule has 0 amide bonds. The van der Waals surface area contributed by atoms with Gasteiger partial charge in [-0.1, -0.05) is 212 Å². The molecule has 0 radical (unpaired) electrons. The molecule has 12 rings (SSSR count). The average molecular weight is 791 g/mol. The number of para-hydroxylation sites is 2. The summed E-state index contributed by atoms with van der Waals surface area (Å²) in [4.78, 5) is 10.7. The van der Waals surface area contributed by atoms with E-state index in [9.17, 15) is 0 Å². The Morgan fingerprint density at radius 1 is 0.339 bits per heavy atom. The summed E-state index contributed by atoms with van der Waals surface area (Å²) >= 11 is 0. The molecule has 3 heteroatoms. The molecule has 0 fully saturated rings. The molecule has 62 heavy (non-hydrogen) atoms. The molecule has 0 aliphatic heterocycles. The minimum atomic E-state index is -0.562. The van der Waals surface area contributed by atoms with E-state index in [0.29, 0.717) is 5.82 Å². The van der Waals surface area contributed by atoms with Gasteiger partial charge in [-0.05, 0) is 68.3 Å². The van der Waals surface area contributed by atoms with Crippen LogP contribution in [0.4, 0.5) is 0 Å². The summed E-state index contributed by atoms with van der Waals surface area (Å²) in [6.45, 7) is 0. The molecule has 0 atom stereocenters. The van der Waals surface area contributed by atoms with Gasteiger partial charge in [-0.3, -0.25) is 0 Å². The third kappa shape index (κ3) is 5.59. The Labute approximate surface area is 360 Å². The largest absolute Gasteiger partial charge is 0.455 e. The highest BCUT2D eigenvalue weighted by molar-refractivity contribution is 6.09. The van der Waals surface area contributed by atoms with Crippen molar-refractivity contribution in [2.24, 2.45) is 0 Å². The SMILES string of the molecule is c1ccc(-c2nc(-c3cccc(-c4cccc5c4oc4ccccc45)c3)cc(-c3ccccc3-c3cccc4c3C(c3ccccc3)(c3ccccc3)c3ccccc3-4)n2)cc1. The molecule has 290 valence electrons. The zero-order chi connectivity index (χ0) is 41.0. The number of nitrogens with zero attached hydrogens (tertiary/aromatic N) is 2. The fourth-order valence-electron chi connectivity index (χ4n) is 9.94. The number of fused-ring (bicyclic) bond motifs is 6. The molecule has 2 aromatic heterocycles. The Bertz CT molecular complexity index is 3420. The zero-order valence-corrected chi connectivity index (χ0v) is 33.7. The molecule has 1 aliphatic carbocycles. The Morgan fingerprint density at radius 3 is 1.63 bits per heavy atom. The Hall–Kier alpha value is -8.14. The quantitative estimate of drug-likeness (QED) is 0.161. The van der Waals surface area contributed by atoms with Crippen molar-refractivity contribution >= 4 is 21.9 Å². The van der Waals surface area contributed by atoms with E-state index in [-0.39, 0.29) is 0 Å². The van der Waals surface area contributed by atoms with Gasteiger partial charge in [0.1, 0.15) is 11.2 Å². The molecule has 0 bridgehead atoms. The first kappa shape index (κ1) is 35.8. The van der Waals surface area contributed by atoms with Gasteiger partial charge >= 0.3 is 0 Å². The van der Waals surface area contributed by atoms with Gasteiger partial charge in [-0.2, -0.15) is 0 Å². The summed E-state index contributed by atoms with van der Waals surface area (Å²) in [5, 5.41) is 2.22. The van der Waals surface area contributed by atoms with Crippen molar-refractivity contribution in [1.29, 1.82) is 0 Å². The van der Waals surface area contributed by atoms with Gasteiger partial charge in [0.05, 0.1) is 16.8 Å². The van der Waals surface area contributed by atoms with Crippen LogP contribution in [0.5, 0.6) is 0 Å². The van der Waals surface area contributed by atoms with Gasteiger partial charge in [-0.25, -0.2) is 9.97 Å². The number of benzene rings is 9. The number of aromatic nitrogens is 2. The van der Waals surface area contributed by atoms with Crippen molar-refractivity contribution in [3.63, 3.8) is 0 Å². The molecular weight excluding hydrogens is 753 g/mol. The first-order chi connectivity index (χ1) is 30.8. The second-order valence-electron chi connectivity index (χ2n) is 16.0. The lowest BCUT2D eigenvalue weighted by Crippen LogP contribution is -2.29. The minimum Gasteiger partial charge on any atom is -0.455 e. The van der Waals surface area contributed by atoms with Gasteiger partial charge in [0.2, 0.25) is 0 Å². The van der Waals surface area contributed by atoms with Crippen LogP contribution < -0.4 is 0 Å². The maximum Gasteiger partial charge on any atom is 0.160 e. The fourth-order valence-corrected chi connectivity index (χ4v) is 9.94. The van der Waals surface area contributed by atoms with Crippen LogP contribution in [0.25, 0.3) is 89.2 Å². The molecule has 0 saturated heterocycles. The summed E-state index contributed by atoms with van der Waals surface area (Å²) in [7, 11) is 0. The lowest BCUT2D eigenvalue weighted by Gasteiger charge is -2.35. The minimum absolute atomic E-state index is 0.562. The van der Waals surface area contributed by atoms with E-state index in [4.69, 9.17) is 14.4 Å². The smallest absolute Gasteiger partial charge is 0.160 e. The molecular formula is C59H38N2O. The monoisotopic (exact) mass is 790 g/mol. The van der Waals surface area contributed by atoms with Crippen molar-refractivity contribution in [3.8, 4) is 67.3 Å². The predicted molar refractivity (Wildman–Crippen MR) is 254 cm³/mol. The van der Waals surface area contributed by atoms with E-state index in [1.807, 2.05) is 30.3 Å². The average Bonchev–Trinajstić information content (AvgIpc) is 3.89. The maximum absolute atomic E-state index is 6.49. The van der Waals surface area contributed by atoms with Crippen molar-refractivity contribution in [2.45, 2.75) is 5.41 Å². The summed E-state index contributed by atoms with van der Waals surface area (Å²) in [5.74, 6) is 0.673. The highest BCUT2D eigenvalue weighted by atomic mass is 16.3.